The molecule has 0 fully saturated rings. The van der Waals surface area contributed by atoms with Crippen LogP contribution < -0.4 is 5.32 Å². The monoisotopic (exact) mass is 248 g/mol. The van der Waals surface area contributed by atoms with E-state index in [2.05, 4.69) is 5.32 Å². The van der Waals surface area contributed by atoms with Gasteiger partial charge >= 0.3 is 0 Å². The Morgan fingerprint density at radius 1 is 0.944 bits per heavy atom. The lowest BCUT2D eigenvalue weighted by molar-refractivity contribution is 0.589. The zero-order chi connectivity index (χ0) is 13.1. The minimum absolute atomic E-state index is 0.0991. The lowest BCUT2D eigenvalue weighted by atomic mass is 10.2. The summed E-state index contributed by atoms with van der Waals surface area (Å²) in [5.74, 6) is -2.39. The topological polar surface area (TPSA) is 35.8 Å². The molecule has 0 aliphatic heterocycles. The van der Waals surface area contributed by atoms with E-state index >= 15 is 0 Å². The Morgan fingerprint density at radius 2 is 1.61 bits per heavy atom. The standard InChI is InChI=1S/C13H7F3N2/c14-9-2-1-3-10(15)13(9)18-12-5-4-8(7-17)6-11(12)16/h1-6,18H. The van der Waals surface area contributed by atoms with Crippen molar-refractivity contribution in [3.8, 4) is 6.07 Å². The summed E-state index contributed by atoms with van der Waals surface area (Å²) in [5.41, 5.74) is -0.397. The van der Waals surface area contributed by atoms with Crippen molar-refractivity contribution in [2.45, 2.75) is 0 Å². The first-order valence-corrected chi connectivity index (χ1v) is 5.02. The van der Waals surface area contributed by atoms with Gasteiger partial charge in [-0.3, -0.25) is 0 Å². The number of halogens is 3. The number of anilines is 2. The average molecular weight is 248 g/mol. The number of hydrogen-bond acceptors (Lipinski definition) is 2. The summed E-state index contributed by atoms with van der Waals surface area (Å²) in [6.45, 7) is 0. The quantitative estimate of drug-likeness (QED) is 0.879. The molecule has 0 spiro atoms. The van der Waals surface area contributed by atoms with Crippen molar-refractivity contribution in [2.75, 3.05) is 5.32 Å². The minimum Gasteiger partial charge on any atom is -0.348 e. The SMILES string of the molecule is N#Cc1ccc(Nc2c(F)cccc2F)c(F)c1. The summed E-state index contributed by atoms with van der Waals surface area (Å²) in [5, 5.41) is 10.9. The van der Waals surface area contributed by atoms with Crippen LogP contribution in [0.1, 0.15) is 5.56 Å². The van der Waals surface area contributed by atoms with Gasteiger partial charge in [0.1, 0.15) is 23.1 Å². The van der Waals surface area contributed by atoms with E-state index in [1.54, 1.807) is 6.07 Å². The number of nitriles is 1. The third-order valence-electron chi connectivity index (χ3n) is 2.32. The molecule has 0 amide bonds. The molecule has 2 rings (SSSR count). The summed E-state index contributed by atoms with van der Waals surface area (Å²) in [7, 11) is 0. The lowest BCUT2D eigenvalue weighted by Crippen LogP contribution is -1.99. The van der Waals surface area contributed by atoms with Crippen molar-refractivity contribution < 1.29 is 13.2 Å². The summed E-state index contributed by atoms with van der Waals surface area (Å²) < 4.78 is 40.2. The highest BCUT2D eigenvalue weighted by molar-refractivity contribution is 5.62. The van der Waals surface area contributed by atoms with Crippen molar-refractivity contribution in [3.63, 3.8) is 0 Å². The lowest BCUT2D eigenvalue weighted by Gasteiger charge is -2.09. The van der Waals surface area contributed by atoms with E-state index in [1.165, 1.54) is 18.2 Å². The Kier molecular flexibility index (Phi) is 3.20. The van der Waals surface area contributed by atoms with Gasteiger partial charge < -0.3 is 5.32 Å². The van der Waals surface area contributed by atoms with E-state index in [0.29, 0.717) is 0 Å². The van der Waals surface area contributed by atoms with Gasteiger partial charge in [0.25, 0.3) is 0 Å². The number of nitrogens with one attached hydrogen (secondary N) is 1. The summed E-state index contributed by atoms with van der Waals surface area (Å²) in [6.07, 6.45) is 0. The van der Waals surface area contributed by atoms with Crippen LogP contribution in [-0.2, 0) is 0 Å². The molecule has 18 heavy (non-hydrogen) atoms. The van der Waals surface area contributed by atoms with Crippen LogP contribution in [0.2, 0.25) is 0 Å². The maximum atomic E-state index is 13.5. The molecule has 2 aromatic rings. The molecule has 0 unspecified atom stereocenters. The number of hydrogen-bond donors (Lipinski definition) is 1. The molecule has 0 saturated carbocycles. The Morgan fingerprint density at radius 3 is 2.17 bits per heavy atom. The molecule has 2 aromatic carbocycles. The van der Waals surface area contributed by atoms with Crippen LogP contribution in [0.5, 0.6) is 0 Å². The Bertz CT molecular complexity index is 612. The highest BCUT2D eigenvalue weighted by Gasteiger charge is 2.11. The van der Waals surface area contributed by atoms with Gasteiger partial charge in [-0.2, -0.15) is 5.26 Å². The Labute approximate surface area is 101 Å². The molecule has 0 saturated heterocycles. The van der Waals surface area contributed by atoms with Gasteiger partial charge in [0.2, 0.25) is 0 Å². The molecule has 0 atom stereocenters. The van der Waals surface area contributed by atoms with Gasteiger partial charge in [-0.1, -0.05) is 6.07 Å². The summed E-state index contributed by atoms with van der Waals surface area (Å²) in [4.78, 5) is 0. The average Bonchev–Trinajstić information content (AvgIpc) is 2.35. The second-order valence-corrected chi connectivity index (χ2v) is 3.53. The van der Waals surface area contributed by atoms with E-state index in [0.717, 1.165) is 18.2 Å². The zero-order valence-electron chi connectivity index (χ0n) is 9.05. The van der Waals surface area contributed by atoms with E-state index in [1.807, 2.05) is 0 Å². The maximum absolute atomic E-state index is 13.5. The van der Waals surface area contributed by atoms with Crippen LogP contribution in [0.4, 0.5) is 24.5 Å². The fraction of sp³-hybridized carbons (Fsp3) is 0. The Balaban J connectivity index is 2.38. The molecule has 5 heteroatoms. The van der Waals surface area contributed by atoms with E-state index in [-0.39, 0.29) is 11.3 Å². The second kappa shape index (κ2) is 4.80. The molecule has 0 aliphatic carbocycles. The third-order valence-corrected chi connectivity index (χ3v) is 2.32. The Hall–Kier alpha value is -2.48. The zero-order valence-corrected chi connectivity index (χ0v) is 9.05. The van der Waals surface area contributed by atoms with E-state index in [4.69, 9.17) is 5.26 Å². The van der Waals surface area contributed by atoms with Crippen LogP contribution in [0.15, 0.2) is 36.4 Å². The third kappa shape index (κ3) is 2.28. The van der Waals surface area contributed by atoms with Crippen molar-refractivity contribution in [3.05, 3.63) is 59.4 Å². The van der Waals surface area contributed by atoms with Gasteiger partial charge in [-0.15, -0.1) is 0 Å². The smallest absolute Gasteiger partial charge is 0.149 e. The van der Waals surface area contributed by atoms with E-state index in [9.17, 15) is 13.2 Å². The molecular formula is C13H7F3N2. The number of nitrogens with zero attached hydrogens (tertiary/aromatic N) is 1. The van der Waals surface area contributed by atoms with Crippen molar-refractivity contribution in [1.82, 2.24) is 0 Å². The fourth-order valence-corrected chi connectivity index (χ4v) is 1.44. The van der Waals surface area contributed by atoms with Crippen LogP contribution in [0.25, 0.3) is 0 Å². The van der Waals surface area contributed by atoms with Crippen LogP contribution >= 0.6 is 0 Å². The van der Waals surface area contributed by atoms with Gasteiger partial charge in [0.15, 0.2) is 0 Å². The molecular weight excluding hydrogens is 241 g/mol. The molecule has 1 N–H and O–H groups in total. The van der Waals surface area contributed by atoms with Gasteiger partial charge in [-0.05, 0) is 30.3 Å². The maximum Gasteiger partial charge on any atom is 0.149 e. The molecule has 0 radical (unpaired) electrons. The summed E-state index contributed by atoms with van der Waals surface area (Å²) in [6, 6.07) is 8.69. The van der Waals surface area contributed by atoms with Crippen molar-refractivity contribution in [2.24, 2.45) is 0 Å². The minimum atomic E-state index is -0.821. The first-order chi connectivity index (χ1) is 8.61. The molecule has 0 bridgehead atoms. The summed E-state index contributed by atoms with van der Waals surface area (Å²) >= 11 is 0. The van der Waals surface area contributed by atoms with Crippen molar-refractivity contribution in [1.29, 1.82) is 5.26 Å². The highest BCUT2D eigenvalue weighted by atomic mass is 19.1. The normalized spacial score (nSPS) is 9.89. The number of para-hydroxylation sites is 1. The van der Waals surface area contributed by atoms with Crippen LogP contribution in [0, 0.1) is 28.8 Å². The van der Waals surface area contributed by atoms with Gasteiger partial charge in [0, 0.05) is 0 Å². The molecule has 90 valence electrons. The molecule has 0 aliphatic rings. The first kappa shape index (κ1) is 12.0. The molecule has 0 heterocycles. The number of benzene rings is 2. The predicted molar refractivity (Wildman–Crippen MR) is 60.8 cm³/mol. The largest absolute Gasteiger partial charge is 0.348 e. The molecule has 0 aromatic heterocycles. The second-order valence-electron chi connectivity index (χ2n) is 3.53. The van der Waals surface area contributed by atoms with Gasteiger partial charge in [-0.25, -0.2) is 13.2 Å². The van der Waals surface area contributed by atoms with E-state index < -0.39 is 23.1 Å². The predicted octanol–water partition coefficient (Wildman–Crippen LogP) is 3.72. The highest BCUT2D eigenvalue weighted by Crippen LogP contribution is 2.25. The number of rotatable bonds is 2. The molecule has 2 nitrogen and oxygen atoms in total. The van der Waals surface area contributed by atoms with Gasteiger partial charge in [0.05, 0.1) is 17.3 Å². The fourth-order valence-electron chi connectivity index (χ4n) is 1.44. The van der Waals surface area contributed by atoms with Crippen LogP contribution in [0.3, 0.4) is 0 Å². The van der Waals surface area contributed by atoms with Crippen molar-refractivity contribution >= 4 is 11.4 Å². The van der Waals surface area contributed by atoms with Crippen LogP contribution in [-0.4, -0.2) is 0 Å². The first-order valence-electron chi connectivity index (χ1n) is 5.02.